The van der Waals surface area contributed by atoms with Gasteiger partial charge in [-0.25, -0.2) is 4.98 Å². The Kier molecular flexibility index (Phi) is 8.66. The topological polar surface area (TPSA) is 99.1 Å². The first-order chi connectivity index (χ1) is 23.0. The van der Waals surface area contributed by atoms with Gasteiger partial charge in [0.1, 0.15) is 12.4 Å². The molecule has 240 valence electrons. The Morgan fingerprint density at radius 2 is 1.64 bits per heavy atom. The van der Waals surface area contributed by atoms with Gasteiger partial charge >= 0.3 is 0 Å². The first-order valence-corrected chi connectivity index (χ1v) is 15.7. The van der Waals surface area contributed by atoms with Crippen molar-refractivity contribution in [1.82, 2.24) is 9.55 Å². The molecule has 0 saturated carbocycles. The zero-order chi connectivity index (χ0) is 32.2. The van der Waals surface area contributed by atoms with Gasteiger partial charge < -0.3 is 39.0 Å². The molecule has 10 nitrogen and oxygen atoms in total. The van der Waals surface area contributed by atoms with Crippen molar-refractivity contribution in [3.8, 4) is 28.4 Å². The van der Waals surface area contributed by atoms with Crippen molar-refractivity contribution in [3.05, 3.63) is 108 Å². The summed E-state index contributed by atoms with van der Waals surface area (Å²) in [7, 11) is 3.56. The maximum atomic E-state index is 13.3. The maximum Gasteiger partial charge on any atom is 0.257 e. The number of anilines is 4. The third kappa shape index (κ3) is 6.73. The van der Waals surface area contributed by atoms with Crippen molar-refractivity contribution in [2.45, 2.75) is 13.0 Å². The van der Waals surface area contributed by atoms with E-state index in [1.165, 1.54) is 5.69 Å². The van der Waals surface area contributed by atoms with Crippen LogP contribution in [-0.4, -0.2) is 55.5 Å². The average Bonchev–Trinajstić information content (AvgIpc) is 3.46. The second-order valence-corrected chi connectivity index (χ2v) is 11.6. The lowest BCUT2D eigenvalue weighted by Gasteiger charge is -2.28. The van der Waals surface area contributed by atoms with Crippen LogP contribution in [0.15, 0.2) is 91.4 Å². The molecule has 1 aromatic heterocycles. The molecule has 2 aliphatic rings. The van der Waals surface area contributed by atoms with Gasteiger partial charge in [0.05, 0.1) is 67.8 Å². The van der Waals surface area contributed by atoms with Crippen LogP contribution < -0.4 is 29.7 Å². The van der Waals surface area contributed by atoms with Gasteiger partial charge in [0.2, 0.25) is 0 Å². The quantitative estimate of drug-likeness (QED) is 0.182. The number of hydrogen-bond donors (Lipinski definition) is 2. The Labute approximate surface area is 273 Å². The van der Waals surface area contributed by atoms with Crippen molar-refractivity contribution in [3.63, 3.8) is 0 Å². The van der Waals surface area contributed by atoms with E-state index in [-0.39, 0.29) is 5.91 Å². The van der Waals surface area contributed by atoms with E-state index in [0.29, 0.717) is 36.7 Å². The molecule has 1 amide bonds. The smallest absolute Gasteiger partial charge is 0.257 e. The minimum atomic E-state index is -0.164. The molecule has 0 atom stereocenters. The highest BCUT2D eigenvalue weighted by Crippen LogP contribution is 2.38. The Hall–Kier alpha value is -5.48. The number of amides is 1. The molecule has 0 aliphatic carbocycles. The molecular formula is C37H37N5O5. The highest BCUT2D eigenvalue weighted by molar-refractivity contribution is 6.12. The van der Waals surface area contributed by atoms with Crippen molar-refractivity contribution in [2.24, 2.45) is 7.05 Å². The fraction of sp³-hybridized carbons (Fsp3) is 0.243. The fourth-order valence-electron chi connectivity index (χ4n) is 5.82. The monoisotopic (exact) mass is 631 g/mol. The number of nitrogens with zero attached hydrogens (tertiary/aromatic N) is 3. The number of rotatable bonds is 10. The molecule has 5 aromatic rings. The van der Waals surface area contributed by atoms with E-state index in [4.69, 9.17) is 18.9 Å². The fourth-order valence-corrected chi connectivity index (χ4v) is 5.82. The lowest BCUT2D eigenvalue weighted by Crippen LogP contribution is -2.36. The van der Waals surface area contributed by atoms with E-state index in [2.05, 4.69) is 38.7 Å². The molecule has 2 N–H and O–H groups in total. The van der Waals surface area contributed by atoms with Crippen LogP contribution in [0.25, 0.3) is 11.1 Å². The number of aromatic nitrogens is 2. The third-order valence-electron chi connectivity index (χ3n) is 8.53. The van der Waals surface area contributed by atoms with Crippen LogP contribution in [0.3, 0.4) is 0 Å². The predicted octanol–water partition coefficient (Wildman–Crippen LogP) is 6.44. The predicted molar refractivity (Wildman–Crippen MR) is 182 cm³/mol. The molecular weight excluding hydrogens is 594 g/mol. The first-order valence-electron chi connectivity index (χ1n) is 15.7. The van der Waals surface area contributed by atoms with Crippen LogP contribution in [0.1, 0.15) is 21.6 Å². The normalized spacial score (nSPS) is 13.9. The highest BCUT2D eigenvalue weighted by atomic mass is 16.5. The van der Waals surface area contributed by atoms with Gasteiger partial charge in [-0.2, -0.15) is 0 Å². The molecule has 3 heterocycles. The molecule has 47 heavy (non-hydrogen) atoms. The maximum absolute atomic E-state index is 13.3. The van der Waals surface area contributed by atoms with E-state index < -0.39 is 0 Å². The van der Waals surface area contributed by atoms with Gasteiger partial charge in [-0.3, -0.25) is 4.79 Å². The third-order valence-corrected chi connectivity index (χ3v) is 8.53. The summed E-state index contributed by atoms with van der Waals surface area (Å²) >= 11 is 0. The Balaban J connectivity index is 1.01. The minimum absolute atomic E-state index is 0.164. The number of ether oxygens (including phenoxy) is 4. The Morgan fingerprint density at radius 1 is 0.830 bits per heavy atom. The summed E-state index contributed by atoms with van der Waals surface area (Å²) in [6.45, 7) is 4.24. The number of imidazole rings is 1. The van der Waals surface area contributed by atoms with E-state index in [0.717, 1.165) is 71.5 Å². The highest BCUT2D eigenvalue weighted by Gasteiger charge is 2.20. The summed E-state index contributed by atoms with van der Waals surface area (Å²) in [6.07, 6.45) is 4.22. The second kappa shape index (κ2) is 13.5. The van der Waals surface area contributed by atoms with Crippen LogP contribution in [0, 0.1) is 0 Å². The summed E-state index contributed by atoms with van der Waals surface area (Å²) in [4.78, 5) is 19.7. The summed E-state index contributed by atoms with van der Waals surface area (Å²) in [6, 6.07) is 25.9. The molecule has 0 bridgehead atoms. The molecule has 4 aromatic carbocycles. The summed E-state index contributed by atoms with van der Waals surface area (Å²) in [5.41, 5.74) is 7.95. The molecule has 7 rings (SSSR count). The van der Waals surface area contributed by atoms with Crippen LogP contribution in [0.2, 0.25) is 0 Å². The number of carbonyl (C=O) groups is 1. The number of aryl methyl sites for hydroxylation is 1. The average molecular weight is 632 g/mol. The minimum Gasteiger partial charge on any atom is -0.493 e. The molecule has 10 heteroatoms. The number of benzene rings is 4. The van der Waals surface area contributed by atoms with Crippen molar-refractivity contribution < 1.29 is 23.7 Å². The van der Waals surface area contributed by atoms with E-state index >= 15 is 0 Å². The van der Waals surface area contributed by atoms with E-state index in [9.17, 15) is 4.79 Å². The zero-order valence-electron chi connectivity index (χ0n) is 26.5. The number of methoxy groups -OCH3 is 1. The van der Waals surface area contributed by atoms with Gasteiger partial charge in [-0.15, -0.1) is 0 Å². The number of carbonyl (C=O) groups excluding carboxylic acids is 1. The van der Waals surface area contributed by atoms with Crippen molar-refractivity contribution in [2.75, 3.05) is 55.6 Å². The largest absolute Gasteiger partial charge is 0.493 e. The molecule has 2 aliphatic heterocycles. The number of nitrogens with one attached hydrogen (secondary N) is 2. The van der Waals surface area contributed by atoms with E-state index in [1.807, 2.05) is 72.3 Å². The standard InChI is InChI=1S/C37H37N5O5/c1-41-24-38-22-29(41)23-47-35-12-5-27(21-36(35)44-2)26-4-10-31-33(20-26)39-32-11-3-25(19-34(32)40-37(31)43)13-16-46-30-8-6-28(7-9-30)42-14-17-45-18-15-42/h3-12,19-22,24,39H,13-18,23H2,1-2H3,(H,40,43). The zero-order valence-corrected chi connectivity index (χ0v) is 26.5. The summed E-state index contributed by atoms with van der Waals surface area (Å²) in [5.74, 6) is 1.93. The van der Waals surface area contributed by atoms with Crippen LogP contribution in [0.4, 0.5) is 22.7 Å². The van der Waals surface area contributed by atoms with Gasteiger partial charge in [-0.1, -0.05) is 18.2 Å². The van der Waals surface area contributed by atoms with Crippen LogP contribution in [0.5, 0.6) is 17.2 Å². The summed E-state index contributed by atoms with van der Waals surface area (Å²) in [5, 5.41) is 6.56. The number of morpholine rings is 1. The van der Waals surface area contributed by atoms with Gasteiger partial charge in [0.25, 0.3) is 5.91 Å². The van der Waals surface area contributed by atoms with Crippen LogP contribution in [-0.2, 0) is 24.8 Å². The molecule has 0 radical (unpaired) electrons. The lowest BCUT2D eigenvalue weighted by atomic mass is 10.0. The van der Waals surface area contributed by atoms with Crippen molar-refractivity contribution in [1.29, 1.82) is 0 Å². The van der Waals surface area contributed by atoms with Gasteiger partial charge in [0.15, 0.2) is 11.5 Å². The Bertz CT molecular complexity index is 1880. The SMILES string of the molecule is COc1cc(-c2ccc3c(c2)Nc2ccc(CCOc4ccc(N5CCOCC5)cc4)cc2NC3=O)ccc1OCc1cncn1C. The second-order valence-electron chi connectivity index (χ2n) is 11.6. The molecule has 1 fully saturated rings. The molecule has 0 unspecified atom stereocenters. The first kappa shape index (κ1) is 30.2. The van der Waals surface area contributed by atoms with E-state index in [1.54, 1.807) is 19.6 Å². The Morgan fingerprint density at radius 3 is 2.43 bits per heavy atom. The number of hydrogen-bond acceptors (Lipinski definition) is 8. The lowest BCUT2D eigenvalue weighted by molar-refractivity contribution is 0.102. The van der Waals surface area contributed by atoms with Gasteiger partial charge in [-0.05, 0) is 77.4 Å². The van der Waals surface area contributed by atoms with Crippen LogP contribution >= 0.6 is 0 Å². The van der Waals surface area contributed by atoms with Gasteiger partial charge in [0, 0.05) is 32.2 Å². The molecule has 0 spiro atoms. The number of fused-ring (bicyclic) bond motifs is 2. The summed E-state index contributed by atoms with van der Waals surface area (Å²) < 4.78 is 25.1. The van der Waals surface area contributed by atoms with Crippen molar-refractivity contribution >= 4 is 28.7 Å². The molecule has 1 saturated heterocycles.